The van der Waals surface area contributed by atoms with E-state index in [9.17, 15) is 40.7 Å². The van der Waals surface area contributed by atoms with Crippen LogP contribution < -0.4 is 20.1 Å². The van der Waals surface area contributed by atoms with Crippen LogP contribution in [0.1, 0.15) is 70.5 Å². The Kier molecular flexibility index (Phi) is 15.0. The first kappa shape index (κ1) is 44.3. The molecule has 60 heavy (non-hydrogen) atoms. The van der Waals surface area contributed by atoms with Crippen molar-refractivity contribution >= 4 is 40.5 Å². The maximum atomic E-state index is 13.9. The summed E-state index contributed by atoms with van der Waals surface area (Å²) in [4.78, 5) is 52.2. The lowest BCUT2D eigenvalue weighted by Crippen LogP contribution is -2.19. The first-order chi connectivity index (χ1) is 28.7. The second-order valence-electron chi connectivity index (χ2n) is 12.5. The van der Waals surface area contributed by atoms with Crippen molar-refractivity contribution in [2.24, 2.45) is 0 Å². The molecule has 0 radical (unpaired) electrons. The van der Waals surface area contributed by atoms with Crippen molar-refractivity contribution in [3.05, 3.63) is 107 Å². The van der Waals surface area contributed by atoms with Crippen molar-refractivity contribution in [2.45, 2.75) is 51.9 Å². The average Bonchev–Trinajstić information content (AvgIpc) is 3.82. The number of nitrogens with one attached hydrogen (secondary N) is 2. The smallest absolute Gasteiger partial charge is 0.340 e. The Morgan fingerprint density at radius 1 is 0.683 bits per heavy atom. The molecule has 0 aliphatic rings. The van der Waals surface area contributed by atoms with Crippen LogP contribution in [0.3, 0.4) is 0 Å². The minimum absolute atomic E-state index is 0.0613. The normalized spacial score (nSPS) is 12.2. The molecule has 0 saturated heterocycles. The van der Waals surface area contributed by atoms with E-state index >= 15 is 0 Å². The quantitative estimate of drug-likeness (QED) is 0.0709. The zero-order chi connectivity index (χ0) is 43.5. The number of rotatable bonds is 16. The molecule has 0 aliphatic carbocycles. The standard InChI is InChI=1S/C20H19F3N4O4.C19H19F3N4O3/c1-3-31-16-8-17-24-11(7-12(21)20(29)30-2)9-27(17)10-15(16)26-19(28)14-6-4-5-13(25-14)18(22)23;1-2-29-16-7-17-23-12(6-11(20)10-27)8-26(17)9-15(16)25-19(28)14-5-3-4-13(24-14)18(21)22/h4-6,8-10,12,18H,3,7H2,1-2H3,(H,26,28);3-5,7-9,11,18,27H,2,6,10H2,1H3,(H,25,28). The Hall–Kier alpha value is -6.77. The Morgan fingerprint density at radius 2 is 1.13 bits per heavy atom. The number of aliphatic hydroxyl groups is 1. The highest BCUT2D eigenvalue weighted by Crippen LogP contribution is 2.29. The summed E-state index contributed by atoms with van der Waals surface area (Å²) in [7, 11) is 1.09. The summed E-state index contributed by atoms with van der Waals surface area (Å²) in [6, 6.07) is 10.6. The van der Waals surface area contributed by atoms with Crippen LogP contribution in [-0.2, 0) is 22.4 Å². The molecule has 15 nitrogen and oxygen atoms in total. The van der Waals surface area contributed by atoms with Crippen molar-refractivity contribution in [1.82, 2.24) is 28.7 Å². The van der Waals surface area contributed by atoms with Gasteiger partial charge in [-0.15, -0.1) is 0 Å². The minimum Gasteiger partial charge on any atom is -0.491 e. The number of anilines is 2. The number of aliphatic hydroxyl groups excluding tert-OH is 1. The first-order valence-electron chi connectivity index (χ1n) is 18.1. The van der Waals surface area contributed by atoms with E-state index in [-0.39, 0.29) is 53.7 Å². The van der Waals surface area contributed by atoms with Crippen LogP contribution in [0, 0.1) is 0 Å². The summed E-state index contributed by atoms with van der Waals surface area (Å²) in [6.45, 7) is 3.48. The molecule has 6 aromatic rings. The van der Waals surface area contributed by atoms with Crippen molar-refractivity contribution in [3.8, 4) is 11.5 Å². The van der Waals surface area contributed by atoms with Crippen LogP contribution in [0.25, 0.3) is 11.3 Å². The van der Waals surface area contributed by atoms with Crippen molar-refractivity contribution in [3.63, 3.8) is 0 Å². The number of methoxy groups -OCH3 is 1. The molecule has 21 heteroatoms. The third kappa shape index (κ3) is 11.2. The van der Waals surface area contributed by atoms with E-state index in [0.29, 0.717) is 29.3 Å². The summed E-state index contributed by atoms with van der Waals surface area (Å²) < 4.78 is 97.2. The molecule has 0 spiro atoms. The van der Waals surface area contributed by atoms with Crippen molar-refractivity contribution in [1.29, 1.82) is 0 Å². The minimum atomic E-state index is -2.81. The second-order valence-corrected chi connectivity index (χ2v) is 12.5. The summed E-state index contributed by atoms with van der Waals surface area (Å²) in [5.41, 5.74) is 0.703. The van der Waals surface area contributed by atoms with Gasteiger partial charge in [0.15, 0.2) is 0 Å². The largest absolute Gasteiger partial charge is 0.491 e. The number of alkyl halides is 6. The lowest BCUT2D eigenvalue weighted by Gasteiger charge is -2.12. The number of esters is 1. The molecular formula is C39H38F6N8O7. The van der Waals surface area contributed by atoms with Crippen LogP contribution in [0.5, 0.6) is 11.5 Å². The topological polar surface area (TPSA) is 184 Å². The van der Waals surface area contributed by atoms with Gasteiger partial charge in [0.2, 0.25) is 6.17 Å². The molecule has 2 atom stereocenters. The maximum absolute atomic E-state index is 13.9. The van der Waals surface area contributed by atoms with Gasteiger partial charge in [-0.3, -0.25) is 9.59 Å². The monoisotopic (exact) mass is 844 g/mol. The van der Waals surface area contributed by atoms with Crippen LogP contribution in [0.15, 0.2) is 73.3 Å². The van der Waals surface area contributed by atoms with E-state index in [1.54, 1.807) is 30.5 Å². The Labute approximate surface area is 337 Å². The number of halogens is 6. The molecule has 6 rings (SSSR count). The predicted molar refractivity (Wildman–Crippen MR) is 203 cm³/mol. The van der Waals surface area contributed by atoms with Crippen LogP contribution >= 0.6 is 0 Å². The number of fused-ring (bicyclic) bond motifs is 2. The molecule has 6 heterocycles. The SMILES string of the molecule is CCOc1cc2nc(CC(F)C(=O)OC)cn2cc1NC(=O)c1cccc(C(F)F)n1.CCOc1cc2nc(CC(F)CO)cn2cc1NC(=O)c1cccc(C(F)F)n1. The van der Waals surface area contributed by atoms with Gasteiger partial charge in [-0.05, 0) is 38.1 Å². The number of carbonyl (C=O) groups is 3. The number of pyridine rings is 4. The molecule has 2 unspecified atom stereocenters. The van der Waals surface area contributed by atoms with E-state index < -0.39 is 61.0 Å². The number of carbonyl (C=O) groups excluding carboxylic acids is 3. The van der Waals surface area contributed by atoms with E-state index in [2.05, 4.69) is 35.3 Å². The molecular weight excluding hydrogens is 806 g/mol. The fourth-order valence-corrected chi connectivity index (χ4v) is 5.53. The molecule has 318 valence electrons. The van der Waals surface area contributed by atoms with Gasteiger partial charge >= 0.3 is 5.97 Å². The van der Waals surface area contributed by atoms with Gasteiger partial charge in [-0.2, -0.15) is 0 Å². The highest BCUT2D eigenvalue weighted by molar-refractivity contribution is 6.04. The highest BCUT2D eigenvalue weighted by atomic mass is 19.3. The third-order valence-corrected chi connectivity index (χ3v) is 8.23. The van der Waals surface area contributed by atoms with E-state index in [0.717, 1.165) is 19.2 Å². The Bertz CT molecular complexity index is 2450. The molecule has 0 saturated carbocycles. The number of aromatic nitrogens is 6. The predicted octanol–water partition coefficient (Wildman–Crippen LogP) is 6.56. The van der Waals surface area contributed by atoms with E-state index in [4.69, 9.17) is 14.6 Å². The Balaban J connectivity index is 0.000000228. The van der Waals surface area contributed by atoms with Gasteiger partial charge in [0.25, 0.3) is 24.7 Å². The number of imidazole rings is 2. The van der Waals surface area contributed by atoms with Gasteiger partial charge in [-0.25, -0.2) is 51.1 Å². The lowest BCUT2D eigenvalue weighted by molar-refractivity contribution is -0.146. The number of ether oxygens (including phenoxy) is 3. The molecule has 3 N–H and O–H groups in total. The van der Waals surface area contributed by atoms with Crippen LogP contribution in [0.4, 0.5) is 37.7 Å². The van der Waals surface area contributed by atoms with Gasteiger partial charge in [0.1, 0.15) is 63.1 Å². The van der Waals surface area contributed by atoms with E-state index in [1.807, 2.05) is 0 Å². The summed E-state index contributed by atoms with van der Waals surface area (Å²) >= 11 is 0. The van der Waals surface area contributed by atoms with Crippen molar-refractivity contribution in [2.75, 3.05) is 37.6 Å². The fraction of sp³-hybridized carbons (Fsp3) is 0.308. The summed E-state index contributed by atoms with van der Waals surface area (Å²) in [5, 5.41) is 14.0. The average molecular weight is 845 g/mol. The zero-order valence-corrected chi connectivity index (χ0v) is 32.1. The lowest BCUT2D eigenvalue weighted by atomic mass is 10.2. The zero-order valence-electron chi connectivity index (χ0n) is 32.1. The fourth-order valence-electron chi connectivity index (χ4n) is 5.53. The van der Waals surface area contributed by atoms with Crippen molar-refractivity contribution < 1.29 is 60.0 Å². The first-order valence-corrected chi connectivity index (χ1v) is 18.1. The summed E-state index contributed by atoms with van der Waals surface area (Å²) in [5.74, 6) is -1.81. The molecule has 0 aliphatic heterocycles. The molecule has 6 aromatic heterocycles. The number of amides is 2. The van der Waals surface area contributed by atoms with Gasteiger partial charge in [0, 0.05) is 49.8 Å². The molecule has 0 fully saturated rings. The van der Waals surface area contributed by atoms with E-state index in [1.165, 1.54) is 53.3 Å². The number of hydrogen-bond acceptors (Lipinski definition) is 11. The molecule has 0 aromatic carbocycles. The number of hydrogen-bond donors (Lipinski definition) is 3. The Morgan fingerprint density at radius 3 is 1.53 bits per heavy atom. The number of nitrogens with zero attached hydrogens (tertiary/aromatic N) is 6. The van der Waals surface area contributed by atoms with Gasteiger partial charge in [0.05, 0.1) is 38.3 Å². The van der Waals surface area contributed by atoms with Gasteiger partial charge < -0.3 is 38.8 Å². The highest BCUT2D eigenvalue weighted by Gasteiger charge is 2.22. The summed E-state index contributed by atoms with van der Waals surface area (Å²) in [6.07, 6.45) is -3.18. The van der Waals surface area contributed by atoms with Crippen LogP contribution in [0.2, 0.25) is 0 Å². The van der Waals surface area contributed by atoms with Gasteiger partial charge in [-0.1, -0.05) is 12.1 Å². The van der Waals surface area contributed by atoms with Crippen LogP contribution in [-0.4, -0.2) is 90.9 Å². The second kappa shape index (κ2) is 20.3. The molecule has 2 amide bonds. The maximum Gasteiger partial charge on any atom is 0.340 e. The third-order valence-electron chi connectivity index (χ3n) is 8.23. The molecule has 0 bridgehead atoms.